The highest BCUT2D eigenvalue weighted by Crippen LogP contribution is 2.28. The van der Waals surface area contributed by atoms with E-state index < -0.39 is 15.8 Å². The van der Waals surface area contributed by atoms with E-state index in [9.17, 15) is 12.8 Å². The van der Waals surface area contributed by atoms with Crippen LogP contribution in [0.5, 0.6) is 0 Å². The number of nitrogens with zero attached hydrogens (tertiary/aromatic N) is 1. The third kappa shape index (κ3) is 8.88. The van der Waals surface area contributed by atoms with Gasteiger partial charge in [0.2, 0.25) is 10.0 Å². The molecule has 28 heavy (non-hydrogen) atoms. The molecule has 1 saturated carbocycles. The maximum absolute atomic E-state index is 13.6. The maximum Gasteiger partial charge on any atom is 0.234 e. The Morgan fingerprint density at radius 1 is 1.32 bits per heavy atom. The van der Waals surface area contributed by atoms with Crippen LogP contribution in [-0.4, -0.2) is 53.0 Å². The SMILES string of the molecule is CCNC(=NCCCOCC1CC1)NCCS(=O)(=O)Nc1ccc(C)c(F)c1. The van der Waals surface area contributed by atoms with Crippen LogP contribution in [0.3, 0.4) is 0 Å². The quantitative estimate of drug-likeness (QED) is 0.277. The molecule has 0 heterocycles. The summed E-state index contributed by atoms with van der Waals surface area (Å²) < 4.78 is 45.9. The predicted molar refractivity (Wildman–Crippen MR) is 111 cm³/mol. The molecular weight excluding hydrogens is 383 g/mol. The summed E-state index contributed by atoms with van der Waals surface area (Å²) in [7, 11) is -3.59. The first-order chi connectivity index (χ1) is 13.4. The molecule has 1 aromatic rings. The first-order valence-electron chi connectivity index (χ1n) is 9.76. The summed E-state index contributed by atoms with van der Waals surface area (Å²) in [6.45, 7) is 6.57. The van der Waals surface area contributed by atoms with Crippen molar-refractivity contribution in [3.8, 4) is 0 Å². The van der Waals surface area contributed by atoms with E-state index in [1.165, 1.54) is 25.0 Å². The molecule has 3 N–H and O–H groups in total. The second-order valence-corrected chi connectivity index (χ2v) is 8.79. The van der Waals surface area contributed by atoms with Crippen molar-refractivity contribution < 1.29 is 17.5 Å². The van der Waals surface area contributed by atoms with Crippen LogP contribution in [0.25, 0.3) is 0 Å². The summed E-state index contributed by atoms with van der Waals surface area (Å²) in [6.07, 6.45) is 3.38. The lowest BCUT2D eigenvalue weighted by molar-refractivity contribution is 0.123. The van der Waals surface area contributed by atoms with Crippen molar-refractivity contribution in [2.24, 2.45) is 10.9 Å². The molecule has 9 heteroatoms. The topological polar surface area (TPSA) is 91.8 Å². The number of sulfonamides is 1. The van der Waals surface area contributed by atoms with Gasteiger partial charge in [0.25, 0.3) is 0 Å². The van der Waals surface area contributed by atoms with Crippen LogP contribution in [-0.2, 0) is 14.8 Å². The zero-order chi connectivity index (χ0) is 20.4. The monoisotopic (exact) mass is 414 g/mol. The van der Waals surface area contributed by atoms with E-state index in [1.54, 1.807) is 13.0 Å². The van der Waals surface area contributed by atoms with E-state index in [1.807, 2.05) is 6.92 Å². The number of benzene rings is 1. The second kappa shape index (κ2) is 11.2. The highest BCUT2D eigenvalue weighted by Gasteiger charge is 2.20. The number of anilines is 1. The molecule has 0 amide bonds. The highest BCUT2D eigenvalue weighted by molar-refractivity contribution is 7.92. The van der Waals surface area contributed by atoms with Crippen molar-refractivity contribution in [3.63, 3.8) is 0 Å². The average molecular weight is 415 g/mol. The van der Waals surface area contributed by atoms with Gasteiger partial charge in [-0.15, -0.1) is 0 Å². The molecule has 0 radical (unpaired) electrons. The molecule has 1 aromatic carbocycles. The van der Waals surface area contributed by atoms with Crippen molar-refractivity contribution in [2.75, 3.05) is 43.3 Å². The minimum absolute atomic E-state index is 0.155. The largest absolute Gasteiger partial charge is 0.381 e. The summed E-state index contributed by atoms with van der Waals surface area (Å²) in [6, 6.07) is 4.26. The molecule has 158 valence electrons. The Morgan fingerprint density at radius 3 is 2.79 bits per heavy atom. The molecule has 1 aliphatic rings. The van der Waals surface area contributed by atoms with Crippen LogP contribution < -0.4 is 15.4 Å². The summed E-state index contributed by atoms with van der Waals surface area (Å²) in [5, 5.41) is 6.09. The Kier molecular flexibility index (Phi) is 8.98. The summed E-state index contributed by atoms with van der Waals surface area (Å²) in [5.41, 5.74) is 0.684. The van der Waals surface area contributed by atoms with Crippen molar-refractivity contribution in [3.05, 3.63) is 29.6 Å². The highest BCUT2D eigenvalue weighted by atomic mass is 32.2. The van der Waals surface area contributed by atoms with E-state index >= 15 is 0 Å². The smallest absolute Gasteiger partial charge is 0.234 e. The van der Waals surface area contributed by atoms with Gasteiger partial charge in [-0.1, -0.05) is 6.07 Å². The van der Waals surface area contributed by atoms with E-state index in [0.717, 1.165) is 18.9 Å². The minimum atomic E-state index is -3.59. The Bertz CT molecular complexity index is 752. The van der Waals surface area contributed by atoms with Crippen molar-refractivity contribution in [1.29, 1.82) is 0 Å². The fraction of sp³-hybridized carbons (Fsp3) is 0.632. The maximum atomic E-state index is 13.6. The number of rotatable bonds is 12. The van der Waals surface area contributed by atoms with Crippen LogP contribution in [0.4, 0.5) is 10.1 Å². The van der Waals surface area contributed by atoms with Crippen molar-refractivity contribution in [1.82, 2.24) is 10.6 Å². The van der Waals surface area contributed by atoms with Crippen molar-refractivity contribution in [2.45, 2.75) is 33.1 Å². The molecule has 2 rings (SSSR count). The van der Waals surface area contributed by atoms with Gasteiger partial charge in [0.15, 0.2) is 5.96 Å². The zero-order valence-corrected chi connectivity index (χ0v) is 17.4. The van der Waals surface area contributed by atoms with Crippen LogP contribution in [0.1, 0.15) is 31.7 Å². The second-order valence-electron chi connectivity index (χ2n) is 6.94. The molecule has 0 saturated heterocycles. The normalized spacial score (nSPS) is 14.8. The Labute approximate surface area is 167 Å². The number of hydrogen-bond acceptors (Lipinski definition) is 4. The molecule has 0 unspecified atom stereocenters. The lowest BCUT2D eigenvalue weighted by Gasteiger charge is -2.12. The van der Waals surface area contributed by atoms with Gasteiger partial charge >= 0.3 is 0 Å². The van der Waals surface area contributed by atoms with Gasteiger partial charge in [-0.25, -0.2) is 12.8 Å². The zero-order valence-electron chi connectivity index (χ0n) is 16.6. The summed E-state index contributed by atoms with van der Waals surface area (Å²) >= 11 is 0. The third-order valence-corrected chi connectivity index (χ3v) is 5.51. The molecule has 0 aliphatic heterocycles. The van der Waals surface area contributed by atoms with E-state index in [2.05, 4.69) is 20.3 Å². The van der Waals surface area contributed by atoms with Crippen LogP contribution in [0.15, 0.2) is 23.2 Å². The molecule has 1 aliphatic carbocycles. The predicted octanol–water partition coefficient (Wildman–Crippen LogP) is 2.25. The van der Waals surface area contributed by atoms with Gasteiger partial charge in [0, 0.05) is 32.8 Å². The number of nitrogens with one attached hydrogen (secondary N) is 3. The number of halogens is 1. The van der Waals surface area contributed by atoms with E-state index in [4.69, 9.17) is 4.74 Å². The molecule has 0 atom stereocenters. The number of aryl methyl sites for hydroxylation is 1. The number of ether oxygens (including phenoxy) is 1. The van der Waals surface area contributed by atoms with Gasteiger partial charge in [0.1, 0.15) is 5.82 Å². The van der Waals surface area contributed by atoms with Crippen LogP contribution in [0.2, 0.25) is 0 Å². The van der Waals surface area contributed by atoms with E-state index in [-0.39, 0.29) is 18.0 Å². The first kappa shape index (κ1) is 22.4. The Hall–Kier alpha value is -1.87. The van der Waals surface area contributed by atoms with Gasteiger partial charge in [-0.3, -0.25) is 9.71 Å². The molecular formula is C19H31FN4O3S. The third-order valence-electron chi connectivity index (χ3n) is 4.22. The average Bonchev–Trinajstić information content (AvgIpc) is 3.45. The molecule has 0 aromatic heterocycles. The fourth-order valence-electron chi connectivity index (χ4n) is 2.42. The lowest BCUT2D eigenvalue weighted by Crippen LogP contribution is -2.40. The van der Waals surface area contributed by atoms with E-state index in [0.29, 0.717) is 31.2 Å². The number of aliphatic imine (C=N–C) groups is 1. The summed E-state index contributed by atoms with van der Waals surface area (Å²) in [5.74, 6) is 0.731. The van der Waals surface area contributed by atoms with Gasteiger partial charge < -0.3 is 15.4 Å². The molecule has 0 spiro atoms. The van der Waals surface area contributed by atoms with Crippen LogP contribution in [0, 0.1) is 18.7 Å². The molecule has 1 fully saturated rings. The number of hydrogen-bond donors (Lipinski definition) is 3. The molecule has 0 bridgehead atoms. The minimum Gasteiger partial charge on any atom is -0.381 e. The molecule has 7 nitrogen and oxygen atoms in total. The van der Waals surface area contributed by atoms with Gasteiger partial charge in [-0.05, 0) is 56.7 Å². The van der Waals surface area contributed by atoms with Crippen LogP contribution >= 0.6 is 0 Å². The number of guanidine groups is 1. The van der Waals surface area contributed by atoms with Gasteiger partial charge in [-0.2, -0.15) is 0 Å². The Morgan fingerprint density at radius 2 is 2.11 bits per heavy atom. The first-order valence-corrected chi connectivity index (χ1v) is 11.4. The Balaban J connectivity index is 1.71. The van der Waals surface area contributed by atoms with Crippen molar-refractivity contribution >= 4 is 21.7 Å². The lowest BCUT2D eigenvalue weighted by atomic mass is 10.2. The summed E-state index contributed by atoms with van der Waals surface area (Å²) in [4.78, 5) is 4.42. The fourth-order valence-corrected chi connectivity index (χ4v) is 3.38. The standard InChI is InChI=1S/C19H31FN4O3S/c1-3-21-19(22-9-4-11-27-14-16-6-7-16)23-10-12-28(25,26)24-17-8-5-15(2)18(20)13-17/h5,8,13,16,24H,3-4,6-7,9-12,14H2,1-2H3,(H2,21,22,23). The van der Waals surface area contributed by atoms with Gasteiger partial charge in [0.05, 0.1) is 11.4 Å².